The van der Waals surface area contributed by atoms with Crippen molar-refractivity contribution in [2.45, 2.75) is 20.0 Å². The molecule has 0 atom stereocenters. The van der Waals surface area contributed by atoms with E-state index in [1.165, 1.54) is 16.8 Å². The first-order valence-corrected chi connectivity index (χ1v) is 6.02. The molecule has 2 rings (SSSR count). The Morgan fingerprint density at radius 2 is 1.95 bits per heavy atom. The first-order chi connectivity index (χ1) is 9.20. The molecule has 0 spiro atoms. The second-order valence-corrected chi connectivity index (χ2v) is 4.65. The van der Waals surface area contributed by atoms with Crippen molar-refractivity contribution in [1.82, 2.24) is 14.8 Å². The summed E-state index contributed by atoms with van der Waals surface area (Å²) in [6.45, 7) is 3.33. The number of nitrogens with two attached hydrogens (primary N) is 1. The number of rotatable bonds is 2. The minimum atomic E-state index is -4.54. The minimum absolute atomic E-state index is 0.203. The Hall–Kier alpha value is -1.96. The van der Waals surface area contributed by atoms with Crippen molar-refractivity contribution in [3.63, 3.8) is 0 Å². The fourth-order valence-electron chi connectivity index (χ4n) is 1.88. The number of halogens is 3. The molecule has 1 heterocycles. The summed E-state index contributed by atoms with van der Waals surface area (Å²) in [6, 6.07) is 3.69. The number of nitrogens with zero attached hydrogens (tertiary/aromatic N) is 3. The number of hydrogen-bond donors (Lipinski definition) is 1. The van der Waals surface area contributed by atoms with Crippen LogP contribution in [0.4, 0.5) is 13.2 Å². The summed E-state index contributed by atoms with van der Waals surface area (Å²) < 4.78 is 40.5. The van der Waals surface area contributed by atoms with E-state index in [2.05, 4.69) is 22.3 Å². The number of aryl methyl sites for hydroxylation is 2. The maximum absolute atomic E-state index is 13.0. The molecule has 0 saturated heterocycles. The summed E-state index contributed by atoms with van der Waals surface area (Å²) in [5, 5.41) is 4.05. The van der Waals surface area contributed by atoms with Crippen LogP contribution in [0.25, 0.3) is 5.69 Å². The topological polar surface area (TPSA) is 56.7 Å². The Balaban J connectivity index is 2.64. The fourth-order valence-corrected chi connectivity index (χ4v) is 2.06. The van der Waals surface area contributed by atoms with Crippen LogP contribution in [0.3, 0.4) is 0 Å². The van der Waals surface area contributed by atoms with E-state index in [0.717, 1.165) is 6.07 Å². The van der Waals surface area contributed by atoms with Gasteiger partial charge in [-0.1, -0.05) is 12.2 Å². The lowest BCUT2D eigenvalue weighted by molar-refractivity contribution is -0.137. The van der Waals surface area contributed by atoms with E-state index in [-0.39, 0.29) is 16.2 Å². The Bertz CT molecular complexity index is 676. The minimum Gasteiger partial charge on any atom is -0.389 e. The monoisotopic (exact) mass is 300 g/mol. The molecule has 1 aromatic carbocycles. The normalized spacial score (nSPS) is 11.7. The average molecular weight is 300 g/mol. The second kappa shape index (κ2) is 4.86. The van der Waals surface area contributed by atoms with Gasteiger partial charge in [0.05, 0.1) is 11.3 Å². The van der Waals surface area contributed by atoms with Crippen molar-refractivity contribution in [3.05, 3.63) is 41.0 Å². The molecule has 2 N–H and O–H groups in total. The van der Waals surface area contributed by atoms with Crippen LogP contribution in [0.15, 0.2) is 18.2 Å². The molecule has 1 aromatic heterocycles. The van der Waals surface area contributed by atoms with E-state index in [0.29, 0.717) is 11.6 Å². The quantitative estimate of drug-likeness (QED) is 0.866. The number of alkyl halides is 3. The van der Waals surface area contributed by atoms with Crippen LogP contribution in [0.2, 0.25) is 0 Å². The Morgan fingerprint density at radius 1 is 1.30 bits per heavy atom. The Kier molecular flexibility index (Phi) is 3.51. The molecular weight excluding hydrogens is 289 g/mol. The lowest BCUT2D eigenvalue weighted by Crippen LogP contribution is -2.18. The van der Waals surface area contributed by atoms with Crippen molar-refractivity contribution >= 4 is 17.2 Å². The summed E-state index contributed by atoms with van der Waals surface area (Å²) in [7, 11) is 0. The zero-order chi connectivity index (χ0) is 15.1. The fraction of sp³-hybridized carbons (Fsp3) is 0.250. The van der Waals surface area contributed by atoms with Gasteiger partial charge in [-0.05, 0) is 32.0 Å². The summed E-state index contributed by atoms with van der Waals surface area (Å²) in [5.74, 6) is 0.980. The average Bonchev–Trinajstić information content (AvgIpc) is 2.66. The maximum Gasteiger partial charge on any atom is 0.417 e. The van der Waals surface area contributed by atoms with Gasteiger partial charge in [0.25, 0.3) is 0 Å². The first kappa shape index (κ1) is 14.4. The SMILES string of the molecule is Cc1nc(C)n(-c2ccc(C(N)=S)c(C(F)(F)F)c2)n1. The number of hydrogen-bond acceptors (Lipinski definition) is 3. The lowest BCUT2D eigenvalue weighted by atomic mass is 10.1. The van der Waals surface area contributed by atoms with Crippen molar-refractivity contribution in [2.75, 3.05) is 0 Å². The van der Waals surface area contributed by atoms with Gasteiger partial charge in [-0.15, -0.1) is 0 Å². The largest absolute Gasteiger partial charge is 0.417 e. The van der Waals surface area contributed by atoms with Gasteiger partial charge in [0.2, 0.25) is 0 Å². The van der Waals surface area contributed by atoms with Gasteiger partial charge in [0.1, 0.15) is 16.6 Å². The second-order valence-electron chi connectivity index (χ2n) is 4.21. The highest BCUT2D eigenvalue weighted by molar-refractivity contribution is 7.80. The van der Waals surface area contributed by atoms with Crippen LogP contribution in [-0.2, 0) is 6.18 Å². The van der Waals surface area contributed by atoms with Crippen LogP contribution in [-0.4, -0.2) is 19.8 Å². The maximum atomic E-state index is 13.0. The van der Waals surface area contributed by atoms with Crippen LogP contribution in [0.1, 0.15) is 22.8 Å². The van der Waals surface area contributed by atoms with Crippen LogP contribution in [0, 0.1) is 13.8 Å². The molecule has 0 aliphatic heterocycles. The molecule has 20 heavy (non-hydrogen) atoms. The van der Waals surface area contributed by atoms with Gasteiger partial charge < -0.3 is 5.73 Å². The van der Waals surface area contributed by atoms with E-state index >= 15 is 0 Å². The molecule has 0 bridgehead atoms. The molecule has 0 aliphatic rings. The first-order valence-electron chi connectivity index (χ1n) is 5.62. The van der Waals surface area contributed by atoms with Crippen molar-refractivity contribution in [2.24, 2.45) is 5.73 Å². The zero-order valence-electron chi connectivity index (χ0n) is 10.7. The van der Waals surface area contributed by atoms with E-state index in [9.17, 15) is 13.2 Å². The van der Waals surface area contributed by atoms with Gasteiger partial charge in [-0.3, -0.25) is 0 Å². The molecule has 106 valence electrons. The number of aromatic nitrogens is 3. The van der Waals surface area contributed by atoms with Gasteiger partial charge in [0, 0.05) is 5.56 Å². The summed E-state index contributed by atoms with van der Waals surface area (Å²) in [6.07, 6.45) is -4.54. The van der Waals surface area contributed by atoms with Gasteiger partial charge in [-0.25, -0.2) is 9.67 Å². The summed E-state index contributed by atoms with van der Waals surface area (Å²) in [5.41, 5.74) is 4.51. The molecule has 0 amide bonds. The van der Waals surface area contributed by atoms with E-state index in [1.54, 1.807) is 13.8 Å². The molecule has 2 aromatic rings. The third kappa shape index (κ3) is 2.64. The predicted octanol–water partition coefficient (Wildman–Crippen LogP) is 2.54. The van der Waals surface area contributed by atoms with Gasteiger partial charge in [0.15, 0.2) is 0 Å². The molecule has 0 fully saturated rings. The van der Waals surface area contributed by atoms with Crippen LogP contribution < -0.4 is 5.73 Å². The third-order valence-corrected chi connectivity index (χ3v) is 2.91. The molecule has 4 nitrogen and oxygen atoms in total. The molecule has 0 saturated carbocycles. The van der Waals surface area contributed by atoms with Crippen molar-refractivity contribution in [1.29, 1.82) is 0 Å². The smallest absolute Gasteiger partial charge is 0.389 e. The predicted molar refractivity (Wildman–Crippen MR) is 71.7 cm³/mol. The molecule has 8 heteroatoms. The molecular formula is C12H11F3N4S. The van der Waals surface area contributed by atoms with Crippen molar-refractivity contribution in [3.8, 4) is 5.69 Å². The third-order valence-electron chi connectivity index (χ3n) is 2.69. The number of benzene rings is 1. The summed E-state index contributed by atoms with van der Waals surface area (Å²) >= 11 is 4.65. The zero-order valence-corrected chi connectivity index (χ0v) is 11.5. The lowest BCUT2D eigenvalue weighted by Gasteiger charge is -2.14. The van der Waals surface area contributed by atoms with E-state index in [4.69, 9.17) is 5.73 Å². The van der Waals surface area contributed by atoms with Gasteiger partial charge >= 0.3 is 6.18 Å². The Morgan fingerprint density at radius 3 is 2.40 bits per heavy atom. The molecule has 0 radical (unpaired) electrons. The van der Waals surface area contributed by atoms with Gasteiger partial charge in [-0.2, -0.15) is 18.3 Å². The van der Waals surface area contributed by atoms with Crippen LogP contribution in [0.5, 0.6) is 0 Å². The molecule has 0 aliphatic carbocycles. The summed E-state index contributed by atoms with van der Waals surface area (Å²) in [4.78, 5) is 3.76. The highest BCUT2D eigenvalue weighted by Gasteiger charge is 2.34. The standard InChI is InChI=1S/C12H11F3N4S/c1-6-17-7(2)19(18-6)8-3-4-9(11(16)20)10(5-8)12(13,14)15/h3-5H,1-2H3,(H2,16,20). The molecule has 0 unspecified atom stereocenters. The highest BCUT2D eigenvalue weighted by Crippen LogP contribution is 2.33. The van der Waals surface area contributed by atoms with Crippen LogP contribution >= 0.6 is 12.2 Å². The number of thiocarbonyl (C=S) groups is 1. The highest BCUT2D eigenvalue weighted by atomic mass is 32.1. The van der Waals surface area contributed by atoms with Crippen molar-refractivity contribution < 1.29 is 13.2 Å². The van der Waals surface area contributed by atoms with E-state index < -0.39 is 11.7 Å². The Labute approximate surface area is 118 Å². The van der Waals surface area contributed by atoms with E-state index in [1.807, 2.05) is 0 Å².